The van der Waals surface area contributed by atoms with Crippen molar-refractivity contribution in [2.24, 2.45) is 11.8 Å². The third-order valence-electron chi connectivity index (χ3n) is 1.51. The Hall–Kier alpha value is 1.75. The molecule has 0 atom stereocenters. The van der Waals surface area contributed by atoms with Gasteiger partial charge >= 0.3 is 0 Å². The minimum atomic E-state index is 0. The Bertz CT molecular complexity index is 105. The van der Waals surface area contributed by atoms with Crippen molar-refractivity contribution in [1.29, 1.82) is 0 Å². The molecule has 1 nitrogen and oxygen atoms in total. The van der Waals surface area contributed by atoms with Crippen molar-refractivity contribution < 1.29 is 53.8 Å². The van der Waals surface area contributed by atoms with Crippen LogP contribution in [-0.4, -0.2) is 12.6 Å². The van der Waals surface area contributed by atoms with Gasteiger partial charge in [-0.3, -0.25) is 0 Å². The smallest absolute Gasteiger partial charge is 0.00103 e. The number of rotatable bonds is 5. The van der Waals surface area contributed by atoms with Crippen LogP contribution in [0.25, 0.3) is 0 Å². The van der Waals surface area contributed by atoms with Crippen LogP contribution < -0.4 is 5.32 Å². The van der Waals surface area contributed by atoms with E-state index in [-0.39, 0.29) is 61.2 Å². The fourth-order valence-corrected chi connectivity index (χ4v) is 0.901. The Balaban J connectivity index is -0.0000000422. The van der Waals surface area contributed by atoms with Crippen LogP contribution in [0.2, 0.25) is 0 Å². The standard InChI is InChI=1S/C9H21N.C4H9.C3H7.CH3.W.Y/c1-8(2)6-5-7-10-9(3)4;1-4(2)3;1-3-2;;;/h8-10H,5-7H2,1-4H3;4H,1H2,2-3H3;3H,1-2H3;1H3;;/q;3*-1;;. The van der Waals surface area contributed by atoms with Gasteiger partial charge in [0.15, 0.2) is 0 Å². The largest absolute Gasteiger partial charge is 0.358 e. The zero-order valence-corrected chi connectivity index (χ0v) is 21.4. The average Bonchev–Trinajstić information content (AvgIpc) is 2.12. The molecule has 0 aromatic rings. The molecule has 0 rings (SSSR count). The second kappa shape index (κ2) is 32.6. The molecule has 0 fully saturated rings. The first-order chi connectivity index (χ1) is 7.77. The molecule has 0 heterocycles. The van der Waals surface area contributed by atoms with Gasteiger partial charge < -0.3 is 26.1 Å². The third kappa shape index (κ3) is 90.7. The molecule has 0 aromatic carbocycles. The summed E-state index contributed by atoms with van der Waals surface area (Å²) in [5.74, 6) is 1.44. The average molecular weight is 531 g/mol. The summed E-state index contributed by atoms with van der Waals surface area (Å²) in [6.45, 7) is 21.9. The zero-order valence-electron chi connectivity index (χ0n) is 15.6. The van der Waals surface area contributed by atoms with E-state index in [0.29, 0.717) is 12.0 Å². The van der Waals surface area contributed by atoms with Crippen molar-refractivity contribution in [2.75, 3.05) is 6.54 Å². The van der Waals surface area contributed by atoms with Crippen LogP contribution in [0.4, 0.5) is 0 Å². The first-order valence-corrected chi connectivity index (χ1v) is 7.08. The molecule has 20 heavy (non-hydrogen) atoms. The number of nitrogens with one attached hydrogen (secondary N) is 1. The van der Waals surface area contributed by atoms with Crippen LogP contribution in [0.1, 0.15) is 68.2 Å². The van der Waals surface area contributed by atoms with E-state index >= 15 is 0 Å². The quantitative estimate of drug-likeness (QED) is 0.362. The molecule has 0 aliphatic rings. The second-order valence-electron chi connectivity index (χ2n) is 5.62. The van der Waals surface area contributed by atoms with E-state index in [1.807, 2.05) is 20.3 Å². The molecule has 0 saturated carbocycles. The van der Waals surface area contributed by atoms with Gasteiger partial charge in [-0.1, -0.05) is 41.5 Å². The van der Waals surface area contributed by atoms with Crippen molar-refractivity contribution >= 4 is 0 Å². The third-order valence-corrected chi connectivity index (χ3v) is 1.51. The Morgan fingerprint density at radius 3 is 1.50 bits per heavy atom. The summed E-state index contributed by atoms with van der Waals surface area (Å²) in [5.41, 5.74) is 0. The van der Waals surface area contributed by atoms with Crippen LogP contribution in [0.3, 0.4) is 0 Å². The molecule has 0 aliphatic heterocycles. The summed E-state index contributed by atoms with van der Waals surface area (Å²) in [7, 11) is 0. The molecule has 0 aliphatic carbocycles. The van der Waals surface area contributed by atoms with Crippen LogP contribution in [-0.2, 0) is 53.8 Å². The molecule has 0 amide bonds. The first-order valence-electron chi connectivity index (χ1n) is 7.08. The Morgan fingerprint density at radius 2 is 1.30 bits per heavy atom. The van der Waals surface area contributed by atoms with Crippen molar-refractivity contribution in [3.63, 3.8) is 0 Å². The maximum absolute atomic E-state index is 3.64. The fraction of sp³-hybridized carbons (Fsp3) is 0.824. The normalized spacial score (nSPS) is 8.40. The topological polar surface area (TPSA) is 12.0 Å². The molecule has 3 heteroatoms. The maximum Gasteiger partial charge on any atom is 0.00103 e. The molecular formula is C17H40NWY-3. The van der Waals surface area contributed by atoms with Gasteiger partial charge in [-0.2, -0.15) is 19.8 Å². The van der Waals surface area contributed by atoms with Gasteiger partial charge in [-0.25, -0.2) is 0 Å². The van der Waals surface area contributed by atoms with Crippen LogP contribution in [0.5, 0.6) is 0 Å². The summed E-state index contributed by atoms with van der Waals surface area (Å²) in [6.07, 6.45) is 4.66. The van der Waals surface area contributed by atoms with Gasteiger partial charge in [0, 0.05) is 59.8 Å². The summed E-state index contributed by atoms with van der Waals surface area (Å²) >= 11 is 0. The van der Waals surface area contributed by atoms with Crippen molar-refractivity contribution in [3.8, 4) is 0 Å². The van der Waals surface area contributed by atoms with Crippen molar-refractivity contribution in [3.05, 3.63) is 20.8 Å². The van der Waals surface area contributed by atoms with Crippen LogP contribution in [0, 0.1) is 32.6 Å². The molecular weight excluding hydrogens is 491 g/mol. The van der Waals surface area contributed by atoms with E-state index in [1.54, 1.807) is 0 Å². The Labute approximate surface area is 171 Å². The molecule has 0 aromatic heterocycles. The van der Waals surface area contributed by atoms with Gasteiger partial charge in [-0.15, -0.1) is 0 Å². The SMILES string of the molecule is CC(C)CCCNC(C)C.C[CH-]C.[CH2-]C(C)C.[CH3-].[W].[Y]. The molecule has 0 saturated heterocycles. The molecule has 0 spiro atoms. The number of hydrogen-bond acceptors (Lipinski definition) is 1. The molecule has 1 N–H and O–H groups in total. The fourth-order valence-electron chi connectivity index (χ4n) is 0.901. The Kier molecular flexibility index (Phi) is 61.6. The first kappa shape index (κ1) is 37.8. The van der Waals surface area contributed by atoms with Crippen LogP contribution in [0.15, 0.2) is 0 Å². The van der Waals surface area contributed by atoms with Gasteiger partial charge in [0.1, 0.15) is 0 Å². The van der Waals surface area contributed by atoms with E-state index in [0.717, 1.165) is 5.92 Å². The van der Waals surface area contributed by atoms with Gasteiger partial charge in [0.2, 0.25) is 0 Å². The van der Waals surface area contributed by atoms with E-state index in [1.165, 1.54) is 19.4 Å². The molecule has 1 radical (unpaired) electrons. The van der Waals surface area contributed by atoms with E-state index in [9.17, 15) is 0 Å². The molecule has 125 valence electrons. The predicted molar refractivity (Wildman–Crippen MR) is 89.5 cm³/mol. The molecule has 0 bridgehead atoms. The zero-order chi connectivity index (χ0) is 14.3. The summed E-state index contributed by atoms with van der Waals surface area (Å²) < 4.78 is 0. The van der Waals surface area contributed by atoms with Crippen molar-refractivity contribution in [2.45, 2.75) is 74.3 Å². The summed E-state index contributed by atoms with van der Waals surface area (Å²) in [5, 5.41) is 3.40. The number of hydrogen-bond donors (Lipinski definition) is 1. The monoisotopic (exact) mass is 531 g/mol. The Morgan fingerprint density at radius 1 is 1.00 bits per heavy atom. The van der Waals surface area contributed by atoms with Crippen molar-refractivity contribution in [1.82, 2.24) is 5.32 Å². The molecule has 0 unspecified atom stereocenters. The maximum atomic E-state index is 3.64. The van der Waals surface area contributed by atoms with E-state index in [2.05, 4.69) is 53.8 Å². The van der Waals surface area contributed by atoms with Gasteiger partial charge in [-0.05, 0) is 25.3 Å². The predicted octanol–water partition coefficient (Wildman–Crippen LogP) is 5.57. The van der Waals surface area contributed by atoms with Gasteiger partial charge in [0.25, 0.3) is 0 Å². The summed E-state index contributed by atoms with van der Waals surface area (Å²) in [6, 6.07) is 0.646. The van der Waals surface area contributed by atoms with E-state index < -0.39 is 0 Å². The minimum absolute atomic E-state index is 0. The van der Waals surface area contributed by atoms with Crippen LogP contribution >= 0.6 is 0 Å². The van der Waals surface area contributed by atoms with Gasteiger partial charge in [0.05, 0.1) is 0 Å². The van der Waals surface area contributed by atoms with E-state index in [4.69, 9.17) is 0 Å². The second-order valence-corrected chi connectivity index (χ2v) is 5.62. The summed E-state index contributed by atoms with van der Waals surface area (Å²) in [4.78, 5) is 0. The minimum Gasteiger partial charge on any atom is -0.358 e.